The molecule has 25 heavy (non-hydrogen) atoms. The predicted octanol–water partition coefficient (Wildman–Crippen LogP) is 1.81. The van der Waals surface area contributed by atoms with E-state index in [-0.39, 0.29) is 18.2 Å². The number of carbonyl (C=O) groups is 3. The number of amides is 3. The monoisotopic (exact) mass is 337 g/mol. The molecular weight excluding hydrogens is 318 g/mol. The maximum atomic E-state index is 12.3. The van der Waals surface area contributed by atoms with Crippen LogP contribution in [0.4, 0.5) is 5.69 Å². The number of rotatable bonds is 3. The van der Waals surface area contributed by atoms with Crippen LogP contribution in [0.25, 0.3) is 0 Å². The molecule has 1 atom stereocenters. The summed E-state index contributed by atoms with van der Waals surface area (Å²) in [6.07, 6.45) is 0.126. The van der Waals surface area contributed by atoms with Gasteiger partial charge in [0.25, 0.3) is 5.91 Å². The normalized spacial score (nSPS) is 16.6. The highest BCUT2D eigenvalue weighted by Crippen LogP contribution is 2.24. The number of anilines is 1. The van der Waals surface area contributed by atoms with Crippen molar-refractivity contribution in [1.29, 1.82) is 0 Å². The van der Waals surface area contributed by atoms with Crippen molar-refractivity contribution >= 4 is 23.4 Å². The van der Waals surface area contributed by atoms with Gasteiger partial charge in [-0.05, 0) is 31.2 Å². The van der Waals surface area contributed by atoms with Crippen molar-refractivity contribution in [3.63, 3.8) is 0 Å². The van der Waals surface area contributed by atoms with Crippen molar-refractivity contribution < 1.29 is 14.4 Å². The quantitative estimate of drug-likeness (QED) is 0.839. The second-order valence-electron chi connectivity index (χ2n) is 6.05. The molecule has 2 N–H and O–H groups in total. The Balaban J connectivity index is 1.56. The van der Waals surface area contributed by atoms with Gasteiger partial charge in [-0.1, -0.05) is 35.9 Å². The van der Waals surface area contributed by atoms with E-state index in [0.29, 0.717) is 12.1 Å². The first-order valence-electron chi connectivity index (χ1n) is 8.07. The summed E-state index contributed by atoms with van der Waals surface area (Å²) in [5.74, 6) is -1.35. The second-order valence-corrected chi connectivity index (χ2v) is 6.05. The third-order valence-corrected chi connectivity index (χ3v) is 4.18. The average Bonchev–Trinajstić information content (AvgIpc) is 3.02. The third-order valence-electron chi connectivity index (χ3n) is 4.18. The molecule has 1 aliphatic rings. The first-order chi connectivity index (χ1) is 12.0. The van der Waals surface area contributed by atoms with Crippen molar-refractivity contribution in [3.05, 3.63) is 65.7 Å². The minimum atomic E-state index is -0.494. The SMILES string of the molecule is Cc1ccc(C(=O)NNC(=O)[C@@H]2CC(=O)N(c3ccccc3)C2)cc1. The van der Waals surface area contributed by atoms with Crippen LogP contribution in [0.5, 0.6) is 0 Å². The van der Waals surface area contributed by atoms with Gasteiger partial charge in [-0.25, -0.2) is 0 Å². The lowest BCUT2D eigenvalue weighted by molar-refractivity contribution is -0.126. The van der Waals surface area contributed by atoms with Gasteiger partial charge in [-0.2, -0.15) is 0 Å². The number of aryl methyl sites for hydroxylation is 1. The number of hydrogen-bond acceptors (Lipinski definition) is 3. The molecule has 0 radical (unpaired) electrons. The van der Waals surface area contributed by atoms with Crippen LogP contribution in [0.1, 0.15) is 22.3 Å². The smallest absolute Gasteiger partial charge is 0.269 e. The lowest BCUT2D eigenvalue weighted by atomic mass is 10.1. The summed E-state index contributed by atoms with van der Waals surface area (Å²) in [5.41, 5.74) is 7.08. The van der Waals surface area contributed by atoms with Crippen LogP contribution in [0.2, 0.25) is 0 Å². The zero-order valence-electron chi connectivity index (χ0n) is 13.9. The Labute approximate surface area is 145 Å². The standard InChI is InChI=1S/C19H19N3O3/c1-13-7-9-14(10-8-13)18(24)20-21-19(25)15-11-17(23)22(12-15)16-5-3-2-4-6-16/h2-10,15H,11-12H2,1H3,(H,20,24)(H,21,25)/t15-/m1/s1. The number of hydrogen-bond donors (Lipinski definition) is 2. The molecule has 128 valence electrons. The third kappa shape index (κ3) is 3.85. The Morgan fingerprint density at radius 1 is 1.00 bits per heavy atom. The zero-order chi connectivity index (χ0) is 17.8. The van der Waals surface area contributed by atoms with E-state index >= 15 is 0 Å². The van der Waals surface area contributed by atoms with E-state index in [4.69, 9.17) is 0 Å². The Morgan fingerprint density at radius 3 is 2.36 bits per heavy atom. The van der Waals surface area contributed by atoms with Gasteiger partial charge in [0.15, 0.2) is 0 Å². The van der Waals surface area contributed by atoms with Crippen LogP contribution in [0.3, 0.4) is 0 Å². The number of carbonyl (C=O) groups excluding carboxylic acids is 3. The Hall–Kier alpha value is -3.15. The molecular formula is C19H19N3O3. The molecule has 6 heteroatoms. The molecule has 1 saturated heterocycles. The first-order valence-corrected chi connectivity index (χ1v) is 8.07. The number of nitrogens with zero attached hydrogens (tertiary/aromatic N) is 1. The van der Waals surface area contributed by atoms with Crippen molar-refractivity contribution in [2.24, 2.45) is 5.92 Å². The van der Waals surface area contributed by atoms with E-state index in [2.05, 4.69) is 10.9 Å². The minimum absolute atomic E-state index is 0.101. The van der Waals surface area contributed by atoms with E-state index in [0.717, 1.165) is 11.3 Å². The molecule has 3 amide bonds. The molecule has 0 bridgehead atoms. The first kappa shape index (κ1) is 16.7. The van der Waals surface area contributed by atoms with E-state index in [1.807, 2.05) is 49.4 Å². The van der Waals surface area contributed by atoms with Crippen LogP contribution >= 0.6 is 0 Å². The fraction of sp³-hybridized carbons (Fsp3) is 0.211. The molecule has 2 aromatic rings. The van der Waals surface area contributed by atoms with Crippen molar-refractivity contribution in [3.8, 4) is 0 Å². The van der Waals surface area contributed by atoms with E-state index < -0.39 is 11.8 Å². The van der Waals surface area contributed by atoms with Crippen molar-refractivity contribution in [2.75, 3.05) is 11.4 Å². The Bertz CT molecular complexity index is 787. The van der Waals surface area contributed by atoms with Crippen LogP contribution < -0.4 is 15.8 Å². The van der Waals surface area contributed by atoms with E-state index in [1.165, 1.54) is 0 Å². The number of benzene rings is 2. The number of nitrogens with one attached hydrogen (secondary N) is 2. The van der Waals surface area contributed by atoms with Gasteiger partial charge in [-0.15, -0.1) is 0 Å². The minimum Gasteiger partial charge on any atom is -0.312 e. The largest absolute Gasteiger partial charge is 0.312 e. The maximum Gasteiger partial charge on any atom is 0.269 e. The summed E-state index contributed by atoms with van der Waals surface area (Å²) in [4.78, 5) is 38.0. The molecule has 3 rings (SSSR count). The molecule has 1 heterocycles. The van der Waals surface area contributed by atoms with Crippen LogP contribution in [0.15, 0.2) is 54.6 Å². The van der Waals surface area contributed by atoms with Crippen LogP contribution in [-0.2, 0) is 9.59 Å². The van der Waals surface area contributed by atoms with Crippen molar-refractivity contribution in [1.82, 2.24) is 10.9 Å². The molecule has 0 spiro atoms. The molecule has 0 saturated carbocycles. The molecule has 2 aromatic carbocycles. The second kappa shape index (κ2) is 7.17. The van der Waals surface area contributed by atoms with Gasteiger partial charge >= 0.3 is 0 Å². The Morgan fingerprint density at radius 2 is 1.68 bits per heavy atom. The summed E-state index contributed by atoms with van der Waals surface area (Å²) in [5, 5.41) is 0. The van der Waals surface area contributed by atoms with Gasteiger partial charge < -0.3 is 4.90 Å². The summed E-state index contributed by atoms with van der Waals surface area (Å²) in [7, 11) is 0. The molecule has 1 aliphatic heterocycles. The van der Waals surface area contributed by atoms with Gasteiger partial charge in [-0.3, -0.25) is 25.2 Å². The molecule has 0 aromatic heterocycles. The summed E-state index contributed by atoms with van der Waals surface area (Å²) < 4.78 is 0. The lowest BCUT2D eigenvalue weighted by Crippen LogP contribution is -2.45. The van der Waals surface area contributed by atoms with Gasteiger partial charge in [0.05, 0.1) is 5.92 Å². The average molecular weight is 337 g/mol. The highest BCUT2D eigenvalue weighted by atomic mass is 16.2. The van der Waals surface area contributed by atoms with Crippen LogP contribution in [0, 0.1) is 12.8 Å². The number of para-hydroxylation sites is 1. The predicted molar refractivity (Wildman–Crippen MR) is 93.7 cm³/mol. The molecule has 1 fully saturated rings. The zero-order valence-corrected chi connectivity index (χ0v) is 13.9. The lowest BCUT2D eigenvalue weighted by Gasteiger charge is -2.16. The molecule has 6 nitrogen and oxygen atoms in total. The van der Waals surface area contributed by atoms with Crippen LogP contribution in [-0.4, -0.2) is 24.3 Å². The highest BCUT2D eigenvalue weighted by molar-refractivity contribution is 6.01. The fourth-order valence-corrected chi connectivity index (χ4v) is 2.74. The summed E-state index contributed by atoms with van der Waals surface area (Å²) >= 11 is 0. The van der Waals surface area contributed by atoms with E-state index in [9.17, 15) is 14.4 Å². The topological polar surface area (TPSA) is 78.5 Å². The Kier molecular flexibility index (Phi) is 4.79. The van der Waals surface area contributed by atoms with E-state index in [1.54, 1.807) is 17.0 Å². The molecule has 0 unspecified atom stereocenters. The van der Waals surface area contributed by atoms with Gasteiger partial charge in [0.1, 0.15) is 0 Å². The summed E-state index contributed by atoms with van der Waals surface area (Å²) in [6, 6.07) is 16.2. The van der Waals surface area contributed by atoms with Gasteiger partial charge in [0, 0.05) is 24.2 Å². The van der Waals surface area contributed by atoms with Crippen molar-refractivity contribution in [2.45, 2.75) is 13.3 Å². The highest BCUT2D eigenvalue weighted by Gasteiger charge is 2.35. The summed E-state index contributed by atoms with van der Waals surface area (Å²) in [6.45, 7) is 2.23. The van der Waals surface area contributed by atoms with Gasteiger partial charge in [0.2, 0.25) is 11.8 Å². The molecule has 0 aliphatic carbocycles. The number of hydrazine groups is 1. The fourth-order valence-electron chi connectivity index (χ4n) is 2.74. The maximum absolute atomic E-state index is 12.3.